The summed E-state index contributed by atoms with van der Waals surface area (Å²) in [6, 6.07) is 7.70. The average Bonchev–Trinajstić information content (AvgIpc) is 3.04. The third-order valence-electron chi connectivity index (χ3n) is 5.82. The van der Waals surface area contributed by atoms with Crippen LogP contribution in [0.2, 0.25) is 0 Å². The van der Waals surface area contributed by atoms with Crippen LogP contribution in [0.4, 0.5) is 0 Å². The quantitative estimate of drug-likeness (QED) is 0.731. The molecule has 1 amide bonds. The van der Waals surface area contributed by atoms with Crippen molar-refractivity contribution in [3.8, 4) is 0 Å². The molecule has 1 aromatic carbocycles. The number of ether oxygens (including phenoxy) is 1. The van der Waals surface area contributed by atoms with Crippen molar-refractivity contribution in [2.45, 2.75) is 64.3 Å². The first-order valence-electron chi connectivity index (χ1n) is 9.99. The summed E-state index contributed by atoms with van der Waals surface area (Å²) in [5, 5.41) is 12.5. The van der Waals surface area contributed by atoms with Crippen LogP contribution >= 0.6 is 0 Å². The van der Waals surface area contributed by atoms with Gasteiger partial charge in [-0.1, -0.05) is 37.1 Å². The van der Waals surface area contributed by atoms with Crippen molar-refractivity contribution < 1.29 is 19.4 Å². The van der Waals surface area contributed by atoms with Gasteiger partial charge in [0.15, 0.2) is 0 Å². The third-order valence-corrected chi connectivity index (χ3v) is 5.82. The van der Waals surface area contributed by atoms with Crippen LogP contribution < -0.4 is 5.32 Å². The molecule has 1 heterocycles. The van der Waals surface area contributed by atoms with Gasteiger partial charge in [0.2, 0.25) is 5.91 Å². The molecule has 3 atom stereocenters. The minimum Gasteiger partial charge on any atom is -0.480 e. The van der Waals surface area contributed by atoms with Gasteiger partial charge in [-0.05, 0) is 43.2 Å². The van der Waals surface area contributed by atoms with E-state index in [1.54, 1.807) is 0 Å². The summed E-state index contributed by atoms with van der Waals surface area (Å²) < 4.78 is 5.38. The molecule has 0 aromatic heterocycles. The maximum absolute atomic E-state index is 12.5. The van der Waals surface area contributed by atoms with Crippen LogP contribution in [0.1, 0.15) is 50.2 Å². The monoisotopic (exact) mass is 374 g/mol. The van der Waals surface area contributed by atoms with E-state index >= 15 is 0 Å². The fraction of sp³-hybridized carbons (Fsp3) is 0.619. The summed E-state index contributed by atoms with van der Waals surface area (Å²) in [4.78, 5) is 26.0. The Balaban J connectivity index is 1.52. The van der Waals surface area contributed by atoms with Crippen molar-refractivity contribution in [1.82, 2.24) is 10.2 Å². The standard InChI is InChI=1S/C21H30N2O4/c1-2-27-14-16-9-7-15(8-10-16)12-22-20(24)13-23-18-6-4-3-5-17(18)11-19(23)21(25)26/h7-10,17-19H,2-6,11-14H2,1H3,(H,22,24)(H,25,26). The van der Waals surface area contributed by atoms with Gasteiger partial charge in [-0.2, -0.15) is 0 Å². The number of carboxylic acid groups (broad SMARTS) is 1. The van der Waals surface area contributed by atoms with Crippen LogP contribution in [0.15, 0.2) is 24.3 Å². The highest BCUT2D eigenvalue weighted by Crippen LogP contribution is 2.39. The molecular weight excluding hydrogens is 344 g/mol. The molecule has 2 aliphatic rings. The summed E-state index contributed by atoms with van der Waals surface area (Å²) in [7, 11) is 0. The lowest BCUT2D eigenvalue weighted by Crippen LogP contribution is -2.47. The fourth-order valence-electron chi connectivity index (χ4n) is 4.42. The molecule has 0 bridgehead atoms. The summed E-state index contributed by atoms with van der Waals surface area (Å²) in [6.07, 6.45) is 5.06. The number of aliphatic carboxylic acids is 1. The normalized spacial score (nSPS) is 25.1. The average molecular weight is 374 g/mol. The molecule has 1 aliphatic heterocycles. The van der Waals surface area contributed by atoms with E-state index in [4.69, 9.17) is 4.74 Å². The van der Waals surface area contributed by atoms with Gasteiger partial charge in [-0.15, -0.1) is 0 Å². The molecule has 148 valence electrons. The second-order valence-corrected chi connectivity index (χ2v) is 7.60. The second-order valence-electron chi connectivity index (χ2n) is 7.60. The Morgan fingerprint density at radius 2 is 1.89 bits per heavy atom. The third kappa shape index (κ3) is 5.08. The highest BCUT2D eigenvalue weighted by molar-refractivity contribution is 5.80. The van der Waals surface area contributed by atoms with Crippen molar-refractivity contribution in [1.29, 1.82) is 0 Å². The Morgan fingerprint density at radius 3 is 2.59 bits per heavy atom. The van der Waals surface area contributed by atoms with E-state index in [0.717, 1.165) is 30.4 Å². The maximum atomic E-state index is 12.5. The van der Waals surface area contributed by atoms with Gasteiger partial charge < -0.3 is 15.2 Å². The van der Waals surface area contributed by atoms with Gasteiger partial charge in [0.1, 0.15) is 6.04 Å². The van der Waals surface area contributed by atoms with Crippen LogP contribution in [0.5, 0.6) is 0 Å². The Hall–Kier alpha value is -1.92. The zero-order chi connectivity index (χ0) is 19.2. The van der Waals surface area contributed by atoms with Crippen molar-refractivity contribution >= 4 is 11.9 Å². The molecule has 3 unspecified atom stereocenters. The first-order chi connectivity index (χ1) is 13.1. The second kappa shape index (κ2) is 9.33. The van der Waals surface area contributed by atoms with Gasteiger partial charge in [0, 0.05) is 19.2 Å². The van der Waals surface area contributed by atoms with Gasteiger partial charge in [0.25, 0.3) is 0 Å². The molecule has 0 radical (unpaired) electrons. The lowest BCUT2D eigenvalue weighted by atomic mass is 9.85. The SMILES string of the molecule is CCOCc1ccc(CNC(=O)CN2C(C(=O)O)CC3CCCCC32)cc1. The summed E-state index contributed by atoms with van der Waals surface area (Å²) >= 11 is 0. The van der Waals surface area contributed by atoms with E-state index < -0.39 is 12.0 Å². The number of hydrogen-bond donors (Lipinski definition) is 2. The van der Waals surface area contributed by atoms with Gasteiger partial charge >= 0.3 is 5.97 Å². The Labute approximate surface area is 160 Å². The number of fused-ring (bicyclic) bond motifs is 1. The van der Waals surface area contributed by atoms with Crippen LogP contribution in [0.25, 0.3) is 0 Å². The molecule has 3 rings (SSSR count). The molecule has 0 spiro atoms. The fourth-order valence-corrected chi connectivity index (χ4v) is 4.42. The zero-order valence-electron chi connectivity index (χ0n) is 16.0. The molecule has 1 aliphatic carbocycles. The summed E-state index contributed by atoms with van der Waals surface area (Å²) in [5.74, 6) is -0.488. The lowest BCUT2D eigenvalue weighted by Gasteiger charge is -2.32. The Bertz CT molecular complexity index is 646. The number of carbonyl (C=O) groups is 2. The summed E-state index contributed by atoms with van der Waals surface area (Å²) in [5.41, 5.74) is 2.13. The molecule has 6 nitrogen and oxygen atoms in total. The van der Waals surface area contributed by atoms with E-state index in [9.17, 15) is 14.7 Å². The van der Waals surface area contributed by atoms with E-state index in [2.05, 4.69) is 5.32 Å². The smallest absolute Gasteiger partial charge is 0.320 e. The molecule has 2 N–H and O–H groups in total. The molecule has 1 aromatic rings. The highest BCUT2D eigenvalue weighted by atomic mass is 16.5. The minimum atomic E-state index is -0.804. The summed E-state index contributed by atoms with van der Waals surface area (Å²) in [6.45, 7) is 3.87. The number of likely N-dealkylation sites (tertiary alicyclic amines) is 1. The number of hydrogen-bond acceptors (Lipinski definition) is 4. The molecule has 1 saturated carbocycles. The number of nitrogens with zero attached hydrogens (tertiary/aromatic N) is 1. The van der Waals surface area contributed by atoms with Crippen molar-refractivity contribution in [3.05, 3.63) is 35.4 Å². The number of rotatable bonds is 8. The van der Waals surface area contributed by atoms with Crippen LogP contribution in [-0.4, -0.2) is 47.1 Å². The highest BCUT2D eigenvalue weighted by Gasteiger charge is 2.45. The van der Waals surface area contributed by atoms with E-state index in [1.807, 2.05) is 36.1 Å². The predicted octanol–water partition coefficient (Wildman–Crippen LogP) is 2.56. The number of carbonyl (C=O) groups excluding carboxylic acids is 1. The van der Waals surface area contributed by atoms with E-state index in [0.29, 0.717) is 32.1 Å². The van der Waals surface area contributed by atoms with Crippen molar-refractivity contribution in [3.63, 3.8) is 0 Å². The lowest BCUT2D eigenvalue weighted by molar-refractivity contribution is -0.143. The number of amides is 1. The molecule has 1 saturated heterocycles. The van der Waals surface area contributed by atoms with Gasteiger partial charge in [-0.25, -0.2) is 0 Å². The number of benzene rings is 1. The number of nitrogens with one attached hydrogen (secondary N) is 1. The van der Waals surface area contributed by atoms with Crippen molar-refractivity contribution in [2.75, 3.05) is 13.2 Å². The molecule has 2 fully saturated rings. The van der Waals surface area contributed by atoms with Gasteiger partial charge in [-0.3, -0.25) is 14.5 Å². The van der Waals surface area contributed by atoms with Crippen LogP contribution in [-0.2, 0) is 27.5 Å². The first-order valence-corrected chi connectivity index (χ1v) is 9.99. The predicted molar refractivity (Wildman–Crippen MR) is 102 cm³/mol. The molecular formula is C21H30N2O4. The molecule has 6 heteroatoms. The van der Waals surface area contributed by atoms with Gasteiger partial charge in [0.05, 0.1) is 13.2 Å². The Morgan fingerprint density at radius 1 is 1.19 bits per heavy atom. The van der Waals surface area contributed by atoms with Crippen LogP contribution in [0, 0.1) is 5.92 Å². The topological polar surface area (TPSA) is 78.9 Å². The van der Waals surface area contributed by atoms with E-state index in [1.165, 1.54) is 6.42 Å². The zero-order valence-corrected chi connectivity index (χ0v) is 16.0. The first kappa shape index (κ1) is 19.8. The van der Waals surface area contributed by atoms with Crippen LogP contribution in [0.3, 0.4) is 0 Å². The minimum absolute atomic E-state index is 0.106. The number of carboxylic acids is 1. The van der Waals surface area contributed by atoms with Crippen molar-refractivity contribution in [2.24, 2.45) is 5.92 Å². The Kier molecular flexibility index (Phi) is 6.85. The van der Waals surface area contributed by atoms with E-state index in [-0.39, 0.29) is 18.5 Å². The molecule has 27 heavy (non-hydrogen) atoms. The largest absolute Gasteiger partial charge is 0.480 e. The maximum Gasteiger partial charge on any atom is 0.320 e.